The predicted molar refractivity (Wildman–Crippen MR) is 62.1 cm³/mol. The molecule has 1 aliphatic carbocycles. The Labute approximate surface area is 101 Å². The molecule has 0 radical (unpaired) electrons. The average molecular weight is 248 g/mol. The van der Waals surface area contributed by atoms with Gasteiger partial charge in [-0.2, -0.15) is 0 Å². The lowest BCUT2D eigenvalue weighted by molar-refractivity contribution is -0.155. The monoisotopic (exact) mass is 248 g/mol. The molecule has 0 unspecified atom stereocenters. The highest BCUT2D eigenvalue weighted by molar-refractivity contribution is 5.74. The fraction of sp³-hybridized carbons (Fsp3) is 0.923. The molecular weight excluding hydrogens is 226 g/mol. The fourth-order valence-electron chi connectivity index (χ4n) is 2.84. The van der Waals surface area contributed by atoms with Gasteiger partial charge >= 0.3 is 5.97 Å². The average Bonchev–Trinajstić information content (AvgIpc) is 2.15. The minimum atomic E-state index is -2.53. The van der Waals surface area contributed by atoms with E-state index in [9.17, 15) is 18.7 Å². The molecule has 1 saturated carbocycles. The van der Waals surface area contributed by atoms with Crippen molar-refractivity contribution in [3.63, 3.8) is 0 Å². The number of hydrogen-bond acceptors (Lipinski definition) is 1. The van der Waals surface area contributed by atoms with Gasteiger partial charge in [-0.15, -0.1) is 0 Å². The van der Waals surface area contributed by atoms with Crippen LogP contribution in [0, 0.1) is 16.7 Å². The third-order valence-corrected chi connectivity index (χ3v) is 4.17. The third kappa shape index (κ3) is 3.39. The molecule has 1 rings (SSSR count). The molecule has 0 aromatic heterocycles. The van der Waals surface area contributed by atoms with Gasteiger partial charge in [0.05, 0.1) is 5.41 Å². The van der Waals surface area contributed by atoms with E-state index in [1.807, 2.05) is 0 Å². The van der Waals surface area contributed by atoms with Crippen molar-refractivity contribution in [3.05, 3.63) is 0 Å². The number of rotatable bonds is 3. The van der Waals surface area contributed by atoms with Crippen molar-refractivity contribution in [3.8, 4) is 0 Å². The van der Waals surface area contributed by atoms with Gasteiger partial charge in [0.2, 0.25) is 6.43 Å². The van der Waals surface area contributed by atoms with Gasteiger partial charge in [0.1, 0.15) is 0 Å². The van der Waals surface area contributed by atoms with Crippen molar-refractivity contribution in [2.24, 2.45) is 16.7 Å². The molecule has 17 heavy (non-hydrogen) atoms. The van der Waals surface area contributed by atoms with Crippen LogP contribution in [0.15, 0.2) is 0 Å². The molecule has 0 heterocycles. The van der Waals surface area contributed by atoms with Crippen LogP contribution in [0.5, 0.6) is 0 Å². The van der Waals surface area contributed by atoms with Crippen molar-refractivity contribution >= 4 is 5.97 Å². The SMILES string of the molecule is CC(C)(C)C1CCC(CC(F)F)(C(=O)O)CC1. The van der Waals surface area contributed by atoms with E-state index in [-0.39, 0.29) is 5.41 Å². The first-order chi connectivity index (χ1) is 7.67. The molecule has 0 atom stereocenters. The second kappa shape index (κ2) is 4.91. The van der Waals surface area contributed by atoms with E-state index in [4.69, 9.17) is 0 Å². The van der Waals surface area contributed by atoms with Crippen molar-refractivity contribution in [1.82, 2.24) is 0 Å². The Morgan fingerprint density at radius 2 is 1.82 bits per heavy atom. The van der Waals surface area contributed by atoms with Crippen LogP contribution in [-0.2, 0) is 4.79 Å². The van der Waals surface area contributed by atoms with Gasteiger partial charge in [0, 0.05) is 6.42 Å². The van der Waals surface area contributed by atoms with Gasteiger partial charge in [-0.3, -0.25) is 4.79 Å². The van der Waals surface area contributed by atoms with Crippen LogP contribution in [-0.4, -0.2) is 17.5 Å². The number of carboxylic acid groups (broad SMARTS) is 1. The van der Waals surface area contributed by atoms with Crippen LogP contribution < -0.4 is 0 Å². The van der Waals surface area contributed by atoms with Gasteiger partial charge in [-0.05, 0) is 37.0 Å². The minimum Gasteiger partial charge on any atom is -0.481 e. The Kier molecular flexibility index (Phi) is 4.15. The Morgan fingerprint density at radius 3 is 2.12 bits per heavy atom. The number of carboxylic acids is 1. The van der Waals surface area contributed by atoms with Crippen LogP contribution in [0.2, 0.25) is 0 Å². The number of aliphatic carboxylic acids is 1. The Balaban J connectivity index is 2.71. The molecule has 0 spiro atoms. The topological polar surface area (TPSA) is 37.3 Å². The molecule has 100 valence electrons. The summed E-state index contributed by atoms with van der Waals surface area (Å²) in [5.41, 5.74) is -1.05. The molecule has 0 saturated heterocycles. The second-order valence-corrected chi connectivity index (χ2v) is 6.32. The first-order valence-corrected chi connectivity index (χ1v) is 6.19. The van der Waals surface area contributed by atoms with Gasteiger partial charge in [-0.25, -0.2) is 8.78 Å². The van der Waals surface area contributed by atoms with Gasteiger partial charge in [0.25, 0.3) is 0 Å². The number of carbonyl (C=O) groups is 1. The molecule has 0 amide bonds. The number of halogens is 2. The molecule has 1 N–H and O–H groups in total. The van der Waals surface area contributed by atoms with E-state index in [0.717, 1.165) is 12.8 Å². The lowest BCUT2D eigenvalue weighted by Gasteiger charge is -2.41. The minimum absolute atomic E-state index is 0.134. The van der Waals surface area contributed by atoms with E-state index in [1.165, 1.54) is 0 Å². The Morgan fingerprint density at radius 1 is 1.35 bits per heavy atom. The zero-order valence-electron chi connectivity index (χ0n) is 10.8. The van der Waals surface area contributed by atoms with Crippen LogP contribution in [0.1, 0.15) is 52.9 Å². The summed E-state index contributed by atoms with van der Waals surface area (Å²) in [6.07, 6.45) is -0.787. The molecule has 2 nitrogen and oxygen atoms in total. The lowest BCUT2D eigenvalue weighted by atomic mass is 9.63. The number of hydrogen-bond donors (Lipinski definition) is 1. The Bertz CT molecular complexity index is 274. The van der Waals surface area contributed by atoms with Crippen molar-refractivity contribution in [1.29, 1.82) is 0 Å². The molecule has 4 heteroatoms. The normalized spacial score (nSPS) is 30.6. The zero-order valence-corrected chi connectivity index (χ0v) is 10.8. The van der Waals surface area contributed by atoms with Gasteiger partial charge in [-0.1, -0.05) is 20.8 Å². The molecular formula is C13H22F2O2. The largest absolute Gasteiger partial charge is 0.481 e. The summed E-state index contributed by atoms with van der Waals surface area (Å²) in [7, 11) is 0. The number of alkyl halides is 2. The summed E-state index contributed by atoms with van der Waals surface area (Å²) in [4.78, 5) is 11.2. The fourth-order valence-corrected chi connectivity index (χ4v) is 2.84. The zero-order chi connectivity index (χ0) is 13.3. The first kappa shape index (κ1) is 14.4. The summed E-state index contributed by atoms with van der Waals surface area (Å²) >= 11 is 0. The maximum atomic E-state index is 12.5. The van der Waals surface area contributed by atoms with E-state index >= 15 is 0 Å². The molecule has 1 aliphatic rings. The van der Waals surface area contributed by atoms with Gasteiger partial charge < -0.3 is 5.11 Å². The van der Waals surface area contributed by atoms with Crippen molar-refractivity contribution in [2.75, 3.05) is 0 Å². The molecule has 0 aromatic rings. The van der Waals surface area contributed by atoms with Crippen molar-refractivity contribution < 1.29 is 18.7 Å². The molecule has 0 aliphatic heterocycles. The smallest absolute Gasteiger partial charge is 0.309 e. The van der Waals surface area contributed by atoms with E-state index in [0.29, 0.717) is 18.8 Å². The second-order valence-electron chi connectivity index (χ2n) is 6.32. The lowest BCUT2D eigenvalue weighted by Crippen LogP contribution is -2.39. The van der Waals surface area contributed by atoms with E-state index < -0.39 is 24.2 Å². The van der Waals surface area contributed by atoms with Gasteiger partial charge in [0.15, 0.2) is 0 Å². The van der Waals surface area contributed by atoms with Crippen LogP contribution >= 0.6 is 0 Å². The summed E-state index contributed by atoms with van der Waals surface area (Å²) in [6, 6.07) is 0. The molecule has 0 bridgehead atoms. The predicted octanol–water partition coefficient (Wildman–Crippen LogP) is 3.95. The summed E-state index contributed by atoms with van der Waals surface area (Å²) in [5, 5.41) is 9.19. The summed E-state index contributed by atoms with van der Waals surface area (Å²) in [6.45, 7) is 6.37. The maximum absolute atomic E-state index is 12.5. The first-order valence-electron chi connectivity index (χ1n) is 6.19. The highest BCUT2D eigenvalue weighted by Gasteiger charge is 2.45. The van der Waals surface area contributed by atoms with Crippen LogP contribution in [0.3, 0.4) is 0 Å². The summed E-state index contributed by atoms with van der Waals surface area (Å²) < 4.78 is 25.0. The Hall–Kier alpha value is -0.670. The highest BCUT2D eigenvalue weighted by Crippen LogP contribution is 2.48. The van der Waals surface area contributed by atoms with Crippen LogP contribution in [0.25, 0.3) is 0 Å². The van der Waals surface area contributed by atoms with E-state index in [1.54, 1.807) is 0 Å². The summed E-state index contributed by atoms with van der Waals surface area (Å²) in [5.74, 6) is -0.613. The van der Waals surface area contributed by atoms with Crippen LogP contribution in [0.4, 0.5) is 8.78 Å². The quantitative estimate of drug-likeness (QED) is 0.821. The van der Waals surface area contributed by atoms with Crippen molar-refractivity contribution in [2.45, 2.75) is 59.3 Å². The third-order valence-electron chi connectivity index (χ3n) is 4.17. The molecule has 1 fully saturated rings. The standard InChI is InChI=1S/C13H22F2O2/c1-12(2,3)9-4-6-13(7-5-9,11(16)17)8-10(14)15/h9-10H,4-8H2,1-3H3,(H,16,17). The van der Waals surface area contributed by atoms with E-state index in [2.05, 4.69) is 20.8 Å². The highest BCUT2D eigenvalue weighted by atomic mass is 19.3. The molecule has 0 aromatic carbocycles. The maximum Gasteiger partial charge on any atom is 0.309 e.